The standard InChI is InChI=1S/C14H19NO4/c16-13(11-5-2-1-3-6-11)14(17)15-8-4-7-12-18-9-10-19-12/h1-3,5-6,12-13,16H,4,7-10H2,(H,15,17)/t13-/m1/s1. The van der Waals surface area contributed by atoms with Crippen molar-refractivity contribution in [2.45, 2.75) is 25.2 Å². The first-order valence-corrected chi connectivity index (χ1v) is 6.51. The predicted octanol–water partition coefficient (Wildman–Crippen LogP) is 0.989. The summed E-state index contributed by atoms with van der Waals surface area (Å²) in [6.07, 6.45) is 0.260. The van der Waals surface area contributed by atoms with Crippen LogP contribution < -0.4 is 5.32 Å². The molecule has 0 unspecified atom stereocenters. The van der Waals surface area contributed by atoms with Gasteiger partial charge in [-0.05, 0) is 12.0 Å². The van der Waals surface area contributed by atoms with Gasteiger partial charge in [0.1, 0.15) is 0 Å². The highest BCUT2D eigenvalue weighted by molar-refractivity contribution is 5.81. The molecule has 1 aromatic rings. The van der Waals surface area contributed by atoms with Crippen molar-refractivity contribution in [3.8, 4) is 0 Å². The fourth-order valence-electron chi connectivity index (χ4n) is 1.94. The van der Waals surface area contributed by atoms with E-state index in [1.807, 2.05) is 6.07 Å². The number of hydrogen-bond acceptors (Lipinski definition) is 4. The first kappa shape index (κ1) is 14.0. The van der Waals surface area contributed by atoms with Crippen molar-refractivity contribution in [3.05, 3.63) is 35.9 Å². The van der Waals surface area contributed by atoms with Crippen LogP contribution in [0.5, 0.6) is 0 Å². The second-order valence-electron chi connectivity index (χ2n) is 4.42. The van der Waals surface area contributed by atoms with Crippen LogP contribution in [0.4, 0.5) is 0 Å². The van der Waals surface area contributed by atoms with Crippen LogP contribution in [0.2, 0.25) is 0 Å². The molecule has 1 amide bonds. The molecule has 1 aliphatic rings. The van der Waals surface area contributed by atoms with Crippen molar-refractivity contribution >= 4 is 5.91 Å². The number of carbonyl (C=O) groups excluding carboxylic acids is 1. The minimum atomic E-state index is -1.11. The molecule has 0 radical (unpaired) electrons. The van der Waals surface area contributed by atoms with Gasteiger partial charge in [-0.1, -0.05) is 30.3 Å². The van der Waals surface area contributed by atoms with Gasteiger partial charge in [-0.25, -0.2) is 0 Å². The van der Waals surface area contributed by atoms with E-state index in [0.717, 1.165) is 12.8 Å². The number of aliphatic hydroxyl groups is 1. The molecule has 1 fully saturated rings. The summed E-state index contributed by atoms with van der Waals surface area (Å²) >= 11 is 0. The minimum Gasteiger partial charge on any atom is -0.378 e. The van der Waals surface area contributed by atoms with E-state index in [2.05, 4.69) is 5.32 Å². The van der Waals surface area contributed by atoms with Gasteiger partial charge in [0.15, 0.2) is 12.4 Å². The van der Waals surface area contributed by atoms with Gasteiger partial charge in [0.05, 0.1) is 13.2 Å². The molecule has 2 N–H and O–H groups in total. The summed E-state index contributed by atoms with van der Waals surface area (Å²) in [6, 6.07) is 8.88. The fourth-order valence-corrected chi connectivity index (χ4v) is 1.94. The number of carbonyl (C=O) groups is 1. The second-order valence-corrected chi connectivity index (χ2v) is 4.42. The van der Waals surface area contributed by atoms with Crippen LogP contribution in [0.15, 0.2) is 30.3 Å². The molecule has 5 nitrogen and oxygen atoms in total. The average molecular weight is 265 g/mol. The third-order valence-electron chi connectivity index (χ3n) is 2.97. The summed E-state index contributed by atoms with van der Waals surface area (Å²) in [7, 11) is 0. The van der Waals surface area contributed by atoms with Crippen molar-refractivity contribution in [2.24, 2.45) is 0 Å². The van der Waals surface area contributed by atoms with E-state index in [-0.39, 0.29) is 12.2 Å². The molecule has 1 saturated heterocycles. The van der Waals surface area contributed by atoms with E-state index in [0.29, 0.717) is 25.3 Å². The predicted molar refractivity (Wildman–Crippen MR) is 69.3 cm³/mol. The summed E-state index contributed by atoms with van der Waals surface area (Å²) in [5, 5.41) is 12.5. The molecule has 104 valence electrons. The summed E-state index contributed by atoms with van der Waals surface area (Å²) in [5.41, 5.74) is 0.599. The van der Waals surface area contributed by atoms with Crippen LogP contribution in [0.25, 0.3) is 0 Å². The van der Waals surface area contributed by atoms with Crippen molar-refractivity contribution in [1.82, 2.24) is 5.32 Å². The Balaban J connectivity index is 1.66. The fraction of sp³-hybridized carbons (Fsp3) is 0.500. The van der Waals surface area contributed by atoms with E-state index in [1.54, 1.807) is 24.3 Å². The number of rotatable bonds is 6. The van der Waals surface area contributed by atoms with Crippen LogP contribution >= 0.6 is 0 Å². The number of aliphatic hydroxyl groups excluding tert-OH is 1. The Labute approximate surface area is 112 Å². The van der Waals surface area contributed by atoms with Crippen LogP contribution in [-0.4, -0.2) is 37.1 Å². The third kappa shape index (κ3) is 4.31. The molecule has 1 atom stereocenters. The minimum absolute atomic E-state index is 0.143. The lowest BCUT2D eigenvalue weighted by Gasteiger charge is -2.12. The molecule has 0 spiro atoms. The maximum absolute atomic E-state index is 11.7. The Kier molecular flexibility index (Phi) is 5.32. The summed E-state index contributed by atoms with van der Waals surface area (Å²) in [5.74, 6) is -0.376. The normalized spacial score (nSPS) is 17.3. The van der Waals surface area contributed by atoms with Gasteiger partial charge >= 0.3 is 0 Å². The lowest BCUT2D eigenvalue weighted by atomic mass is 10.1. The topological polar surface area (TPSA) is 67.8 Å². The number of nitrogens with one attached hydrogen (secondary N) is 1. The van der Waals surface area contributed by atoms with Crippen LogP contribution in [0.1, 0.15) is 24.5 Å². The van der Waals surface area contributed by atoms with E-state index in [4.69, 9.17) is 9.47 Å². The molecule has 0 aromatic heterocycles. The quantitative estimate of drug-likeness (QED) is 0.753. The molecule has 1 aromatic carbocycles. The molecule has 0 aliphatic carbocycles. The van der Waals surface area contributed by atoms with Crippen LogP contribution in [0, 0.1) is 0 Å². The maximum atomic E-state index is 11.7. The zero-order valence-electron chi connectivity index (χ0n) is 10.7. The Morgan fingerprint density at radius 3 is 2.68 bits per heavy atom. The Hall–Kier alpha value is -1.43. The first-order valence-electron chi connectivity index (χ1n) is 6.51. The number of ether oxygens (including phenoxy) is 2. The van der Waals surface area contributed by atoms with Gasteiger partial charge in [-0.3, -0.25) is 4.79 Å². The molecule has 2 rings (SSSR count). The van der Waals surface area contributed by atoms with E-state index < -0.39 is 6.10 Å². The SMILES string of the molecule is O=C(NCCCC1OCCO1)[C@H](O)c1ccccc1. The van der Waals surface area contributed by atoms with Gasteiger partial charge in [-0.15, -0.1) is 0 Å². The second kappa shape index (κ2) is 7.23. The van der Waals surface area contributed by atoms with Crippen molar-refractivity contribution in [2.75, 3.05) is 19.8 Å². The van der Waals surface area contributed by atoms with Crippen molar-refractivity contribution < 1.29 is 19.4 Å². The zero-order valence-corrected chi connectivity index (χ0v) is 10.7. The van der Waals surface area contributed by atoms with Gasteiger partial charge < -0.3 is 19.9 Å². The third-order valence-corrected chi connectivity index (χ3v) is 2.97. The largest absolute Gasteiger partial charge is 0.378 e. The van der Waals surface area contributed by atoms with Crippen LogP contribution in [0.3, 0.4) is 0 Å². The molecule has 1 heterocycles. The molecule has 19 heavy (non-hydrogen) atoms. The average Bonchev–Trinajstić information content (AvgIpc) is 2.96. The summed E-state index contributed by atoms with van der Waals surface area (Å²) in [4.78, 5) is 11.7. The lowest BCUT2D eigenvalue weighted by molar-refractivity contribution is -0.129. The smallest absolute Gasteiger partial charge is 0.253 e. The van der Waals surface area contributed by atoms with Gasteiger partial charge in [0, 0.05) is 13.0 Å². The van der Waals surface area contributed by atoms with Crippen molar-refractivity contribution in [1.29, 1.82) is 0 Å². The highest BCUT2D eigenvalue weighted by atomic mass is 16.7. The van der Waals surface area contributed by atoms with E-state index >= 15 is 0 Å². The highest BCUT2D eigenvalue weighted by Gasteiger charge is 2.17. The van der Waals surface area contributed by atoms with Crippen molar-refractivity contribution in [3.63, 3.8) is 0 Å². The van der Waals surface area contributed by atoms with Crippen LogP contribution in [-0.2, 0) is 14.3 Å². The maximum Gasteiger partial charge on any atom is 0.253 e. The summed E-state index contributed by atoms with van der Waals surface area (Å²) in [6.45, 7) is 1.79. The molecule has 0 bridgehead atoms. The zero-order chi connectivity index (χ0) is 13.5. The molecule has 5 heteroatoms. The summed E-state index contributed by atoms with van der Waals surface area (Å²) < 4.78 is 10.6. The van der Waals surface area contributed by atoms with Gasteiger partial charge in [-0.2, -0.15) is 0 Å². The van der Waals surface area contributed by atoms with E-state index in [1.165, 1.54) is 0 Å². The monoisotopic (exact) mass is 265 g/mol. The number of amides is 1. The van der Waals surface area contributed by atoms with E-state index in [9.17, 15) is 9.90 Å². The van der Waals surface area contributed by atoms with Gasteiger partial charge in [0.2, 0.25) is 0 Å². The van der Waals surface area contributed by atoms with Gasteiger partial charge in [0.25, 0.3) is 5.91 Å². The molecule has 0 saturated carbocycles. The molecular weight excluding hydrogens is 246 g/mol. The Morgan fingerprint density at radius 2 is 2.00 bits per heavy atom. The first-order chi connectivity index (χ1) is 9.27. The Bertz CT molecular complexity index is 390. The highest BCUT2D eigenvalue weighted by Crippen LogP contribution is 2.12. The lowest BCUT2D eigenvalue weighted by Crippen LogP contribution is -2.30. The molecular formula is C14H19NO4. The Morgan fingerprint density at radius 1 is 1.32 bits per heavy atom. The number of hydrogen-bond donors (Lipinski definition) is 2. The number of benzene rings is 1. The molecule has 1 aliphatic heterocycles.